The Morgan fingerprint density at radius 2 is 1.85 bits per heavy atom. The Morgan fingerprint density at radius 3 is 2.45 bits per heavy atom. The molecule has 1 aliphatic rings. The van der Waals surface area contributed by atoms with Crippen LogP contribution in [0.5, 0.6) is 0 Å². The van der Waals surface area contributed by atoms with E-state index in [-0.39, 0.29) is 16.9 Å². The molecule has 1 aromatic rings. The van der Waals surface area contributed by atoms with Crippen molar-refractivity contribution in [1.29, 1.82) is 0 Å². The van der Waals surface area contributed by atoms with Gasteiger partial charge < -0.3 is 0 Å². The lowest BCUT2D eigenvalue weighted by Crippen LogP contribution is -2.40. The van der Waals surface area contributed by atoms with Gasteiger partial charge in [0.05, 0.1) is 0 Å². The highest BCUT2D eigenvalue weighted by Crippen LogP contribution is 2.37. The summed E-state index contributed by atoms with van der Waals surface area (Å²) in [4.78, 5) is -0.305. The highest BCUT2D eigenvalue weighted by atomic mass is 35.5. The molecule has 0 heterocycles. The zero-order chi connectivity index (χ0) is 14.6. The molecule has 0 aliphatic heterocycles. The fraction of sp³-hybridized carbons (Fsp3) is 0.571. The zero-order valence-corrected chi connectivity index (χ0v) is 12.8. The third-order valence-corrected chi connectivity index (χ3v) is 5.96. The smallest absolute Gasteiger partial charge is 0.210 e. The summed E-state index contributed by atoms with van der Waals surface area (Å²) >= 11 is 6.03. The number of nitrogens with one attached hydrogen (secondary N) is 1. The third-order valence-electron chi connectivity index (χ3n) is 3.96. The van der Waals surface area contributed by atoms with E-state index in [2.05, 4.69) is 4.72 Å². The summed E-state index contributed by atoms with van der Waals surface area (Å²) in [6, 6.07) is 5.39. The van der Waals surface area contributed by atoms with Crippen molar-refractivity contribution in [2.24, 2.45) is 5.41 Å². The van der Waals surface area contributed by atoms with Gasteiger partial charge in [-0.05, 0) is 30.4 Å². The molecule has 0 saturated heterocycles. The predicted octanol–water partition coefficient (Wildman–Crippen LogP) is 3.29. The van der Waals surface area contributed by atoms with Gasteiger partial charge >= 0.3 is 0 Å². The lowest BCUT2D eigenvalue weighted by atomic mass is 9.76. The molecule has 2 rings (SSSR count). The highest BCUT2D eigenvalue weighted by molar-refractivity contribution is 7.89. The van der Waals surface area contributed by atoms with Crippen LogP contribution in [0.3, 0.4) is 0 Å². The fourth-order valence-corrected chi connectivity index (χ4v) is 4.24. The standard InChI is InChI=1S/C14H19ClFNO2S/c15-10-14(8-4-1-5-9-14)11-17-20(18,19)13-7-3-2-6-12(13)16/h2-3,6-7,17H,1,4-5,8-11H2. The minimum Gasteiger partial charge on any atom is -0.210 e. The zero-order valence-electron chi connectivity index (χ0n) is 11.2. The van der Waals surface area contributed by atoms with Crippen molar-refractivity contribution in [1.82, 2.24) is 4.72 Å². The SMILES string of the molecule is O=S(=O)(NCC1(CCl)CCCCC1)c1ccccc1F. The maximum atomic E-state index is 13.6. The van der Waals surface area contributed by atoms with Gasteiger partial charge in [-0.1, -0.05) is 31.4 Å². The lowest BCUT2D eigenvalue weighted by molar-refractivity contribution is 0.223. The Balaban J connectivity index is 2.11. The molecule has 3 nitrogen and oxygen atoms in total. The van der Waals surface area contributed by atoms with Crippen molar-refractivity contribution in [3.63, 3.8) is 0 Å². The lowest BCUT2D eigenvalue weighted by Gasteiger charge is -2.35. The number of hydrogen-bond donors (Lipinski definition) is 1. The minimum absolute atomic E-state index is 0.196. The van der Waals surface area contributed by atoms with Crippen LogP contribution in [-0.2, 0) is 10.0 Å². The van der Waals surface area contributed by atoms with Gasteiger partial charge in [0.15, 0.2) is 0 Å². The summed E-state index contributed by atoms with van der Waals surface area (Å²) in [6.45, 7) is 0.271. The molecule has 1 N–H and O–H groups in total. The molecule has 1 saturated carbocycles. The average molecular weight is 320 g/mol. The molecule has 1 aromatic carbocycles. The molecule has 0 aromatic heterocycles. The van der Waals surface area contributed by atoms with Gasteiger partial charge in [-0.15, -0.1) is 11.6 Å². The second-order valence-electron chi connectivity index (χ2n) is 5.45. The normalized spacial score (nSPS) is 18.9. The average Bonchev–Trinajstić information content (AvgIpc) is 2.47. The molecule has 1 fully saturated rings. The molecule has 6 heteroatoms. The first kappa shape index (κ1) is 15.7. The summed E-state index contributed by atoms with van der Waals surface area (Å²) in [7, 11) is -3.82. The first-order valence-electron chi connectivity index (χ1n) is 6.79. The highest BCUT2D eigenvalue weighted by Gasteiger charge is 2.33. The quantitative estimate of drug-likeness (QED) is 0.846. The van der Waals surface area contributed by atoms with E-state index in [0.29, 0.717) is 5.88 Å². The summed E-state index contributed by atoms with van der Waals surface area (Å²) in [5.41, 5.74) is -0.196. The van der Waals surface area contributed by atoms with E-state index in [1.807, 2.05) is 0 Å². The summed E-state index contributed by atoms with van der Waals surface area (Å²) < 4.78 is 40.4. The Kier molecular flexibility index (Phi) is 5.04. The number of benzene rings is 1. The van der Waals surface area contributed by atoms with Crippen molar-refractivity contribution >= 4 is 21.6 Å². The number of rotatable bonds is 5. The molecule has 20 heavy (non-hydrogen) atoms. The van der Waals surface area contributed by atoms with E-state index in [1.165, 1.54) is 24.6 Å². The second-order valence-corrected chi connectivity index (χ2v) is 7.45. The molecule has 0 atom stereocenters. The number of hydrogen-bond acceptors (Lipinski definition) is 2. The second kappa shape index (κ2) is 6.41. The van der Waals surface area contributed by atoms with Gasteiger partial charge in [0.25, 0.3) is 0 Å². The Labute approximate surface area is 124 Å². The van der Waals surface area contributed by atoms with Gasteiger partial charge in [-0.2, -0.15) is 0 Å². The van der Waals surface area contributed by atoms with Gasteiger partial charge in [0, 0.05) is 12.4 Å². The van der Waals surface area contributed by atoms with Gasteiger partial charge in [0.1, 0.15) is 10.7 Å². The van der Waals surface area contributed by atoms with E-state index in [0.717, 1.165) is 31.7 Å². The van der Waals surface area contributed by atoms with E-state index < -0.39 is 15.8 Å². The summed E-state index contributed by atoms with van der Waals surface area (Å²) in [6.07, 6.45) is 5.12. The van der Waals surface area contributed by atoms with Crippen molar-refractivity contribution in [2.45, 2.75) is 37.0 Å². The monoisotopic (exact) mass is 319 g/mol. The van der Waals surface area contributed by atoms with Crippen LogP contribution < -0.4 is 4.72 Å². The van der Waals surface area contributed by atoms with Crippen molar-refractivity contribution < 1.29 is 12.8 Å². The summed E-state index contributed by atoms with van der Waals surface area (Å²) in [5.74, 6) is -0.309. The summed E-state index contributed by atoms with van der Waals surface area (Å²) in [5, 5.41) is 0. The van der Waals surface area contributed by atoms with Crippen LogP contribution in [0.2, 0.25) is 0 Å². The van der Waals surface area contributed by atoms with Gasteiger partial charge in [-0.25, -0.2) is 17.5 Å². The van der Waals surface area contributed by atoms with Gasteiger partial charge in [-0.3, -0.25) is 0 Å². The Hall–Kier alpha value is -0.650. The molecular formula is C14H19ClFNO2S. The van der Waals surface area contributed by atoms with Crippen LogP contribution in [0, 0.1) is 11.2 Å². The molecular weight excluding hydrogens is 301 g/mol. The van der Waals surface area contributed by atoms with E-state index in [9.17, 15) is 12.8 Å². The topological polar surface area (TPSA) is 46.2 Å². The van der Waals surface area contributed by atoms with Crippen LogP contribution in [0.4, 0.5) is 4.39 Å². The fourth-order valence-electron chi connectivity index (χ4n) is 2.65. The van der Waals surface area contributed by atoms with E-state index in [4.69, 9.17) is 11.6 Å². The molecule has 0 bridgehead atoms. The van der Waals surface area contributed by atoms with E-state index in [1.54, 1.807) is 0 Å². The molecule has 1 aliphatic carbocycles. The van der Waals surface area contributed by atoms with Crippen LogP contribution in [0.15, 0.2) is 29.2 Å². The minimum atomic E-state index is -3.82. The largest absolute Gasteiger partial charge is 0.243 e. The molecule has 0 radical (unpaired) electrons. The van der Waals surface area contributed by atoms with Crippen molar-refractivity contribution in [3.05, 3.63) is 30.1 Å². The maximum Gasteiger partial charge on any atom is 0.243 e. The first-order valence-corrected chi connectivity index (χ1v) is 8.81. The molecule has 112 valence electrons. The molecule has 0 spiro atoms. The third kappa shape index (κ3) is 3.51. The van der Waals surface area contributed by atoms with Crippen LogP contribution in [0.25, 0.3) is 0 Å². The Morgan fingerprint density at radius 1 is 1.20 bits per heavy atom. The number of alkyl halides is 1. The van der Waals surface area contributed by atoms with Crippen LogP contribution in [-0.4, -0.2) is 20.8 Å². The maximum absolute atomic E-state index is 13.6. The predicted molar refractivity (Wildman–Crippen MR) is 77.8 cm³/mol. The van der Waals surface area contributed by atoms with Crippen molar-refractivity contribution in [2.75, 3.05) is 12.4 Å². The van der Waals surface area contributed by atoms with Gasteiger partial charge in [0.2, 0.25) is 10.0 Å². The van der Waals surface area contributed by atoms with Crippen molar-refractivity contribution in [3.8, 4) is 0 Å². The van der Waals surface area contributed by atoms with Crippen LogP contribution >= 0.6 is 11.6 Å². The molecule has 0 amide bonds. The number of sulfonamides is 1. The Bertz CT molecular complexity index is 556. The first-order chi connectivity index (χ1) is 9.49. The van der Waals surface area contributed by atoms with Crippen LogP contribution in [0.1, 0.15) is 32.1 Å². The molecule has 0 unspecified atom stereocenters. The number of halogens is 2. The van der Waals surface area contributed by atoms with E-state index >= 15 is 0 Å².